The first kappa shape index (κ1) is 9.99. The molecule has 0 unspecified atom stereocenters. The van der Waals surface area contributed by atoms with E-state index in [4.69, 9.17) is 4.74 Å². The molecule has 3 nitrogen and oxygen atoms in total. The average Bonchev–Trinajstić information content (AvgIpc) is 2.30. The van der Waals surface area contributed by atoms with Gasteiger partial charge in [0.1, 0.15) is 0 Å². The normalized spacial score (nSPS) is 30.3. The number of rotatable bonds is 3. The van der Waals surface area contributed by atoms with Crippen molar-refractivity contribution in [2.75, 3.05) is 11.5 Å². The third kappa shape index (κ3) is 2.75. The van der Waals surface area contributed by atoms with Crippen molar-refractivity contribution >= 4 is 9.84 Å². The second kappa shape index (κ2) is 3.75. The van der Waals surface area contributed by atoms with Crippen LogP contribution in [0.15, 0.2) is 0 Å². The molecule has 0 N–H and O–H groups in total. The zero-order valence-corrected chi connectivity index (χ0v) is 8.43. The summed E-state index contributed by atoms with van der Waals surface area (Å²) in [5, 5.41) is 0. The zero-order chi connectivity index (χ0) is 9.19. The lowest BCUT2D eigenvalue weighted by atomic mass is 10.3. The van der Waals surface area contributed by atoms with Crippen molar-refractivity contribution in [3.8, 4) is 0 Å². The molecule has 0 aromatic heterocycles. The standard InChI is InChI=1S/C8H16O3S/c1-3-7(2)11-8-4-5-12(9,10)6-8/h7-8H,3-6H2,1-2H3/t7-,8-/m1/s1. The molecule has 72 valence electrons. The SMILES string of the molecule is CC[C@@H](C)O[C@@H]1CCS(=O)(=O)C1. The van der Waals surface area contributed by atoms with E-state index in [1.165, 1.54) is 0 Å². The van der Waals surface area contributed by atoms with Gasteiger partial charge in [0.25, 0.3) is 0 Å². The molecule has 12 heavy (non-hydrogen) atoms. The summed E-state index contributed by atoms with van der Waals surface area (Å²) in [6.45, 7) is 4.01. The van der Waals surface area contributed by atoms with Crippen LogP contribution >= 0.6 is 0 Å². The van der Waals surface area contributed by atoms with E-state index >= 15 is 0 Å². The van der Waals surface area contributed by atoms with Crippen molar-refractivity contribution in [1.29, 1.82) is 0 Å². The van der Waals surface area contributed by atoms with Crippen molar-refractivity contribution in [3.63, 3.8) is 0 Å². The van der Waals surface area contributed by atoms with E-state index in [2.05, 4.69) is 0 Å². The summed E-state index contributed by atoms with van der Waals surface area (Å²) >= 11 is 0. The van der Waals surface area contributed by atoms with Crippen LogP contribution in [0.25, 0.3) is 0 Å². The Labute approximate surface area is 74.0 Å². The van der Waals surface area contributed by atoms with E-state index in [1.807, 2.05) is 13.8 Å². The molecule has 0 bridgehead atoms. The summed E-state index contributed by atoms with van der Waals surface area (Å²) in [5.74, 6) is 0.519. The van der Waals surface area contributed by atoms with Gasteiger partial charge in [-0.1, -0.05) is 6.92 Å². The van der Waals surface area contributed by atoms with Crippen LogP contribution in [0.3, 0.4) is 0 Å². The maximum atomic E-state index is 11.0. The van der Waals surface area contributed by atoms with Crippen LogP contribution in [0.5, 0.6) is 0 Å². The van der Waals surface area contributed by atoms with Gasteiger partial charge >= 0.3 is 0 Å². The Bertz CT molecular complexity index is 233. The molecule has 0 aliphatic carbocycles. The summed E-state index contributed by atoms with van der Waals surface area (Å²) in [5.41, 5.74) is 0. The Morgan fingerprint density at radius 2 is 2.25 bits per heavy atom. The highest BCUT2D eigenvalue weighted by molar-refractivity contribution is 7.91. The fourth-order valence-corrected chi connectivity index (χ4v) is 2.89. The molecule has 1 fully saturated rings. The van der Waals surface area contributed by atoms with Gasteiger partial charge in [0, 0.05) is 0 Å². The molecule has 1 rings (SSSR count). The van der Waals surface area contributed by atoms with Crippen molar-refractivity contribution in [1.82, 2.24) is 0 Å². The lowest BCUT2D eigenvalue weighted by Gasteiger charge is -2.15. The van der Waals surface area contributed by atoms with Gasteiger partial charge in [0.15, 0.2) is 9.84 Å². The van der Waals surface area contributed by atoms with Crippen LogP contribution in [-0.4, -0.2) is 32.1 Å². The Morgan fingerprint density at radius 3 is 2.67 bits per heavy atom. The van der Waals surface area contributed by atoms with Crippen LogP contribution in [-0.2, 0) is 14.6 Å². The van der Waals surface area contributed by atoms with E-state index < -0.39 is 9.84 Å². The average molecular weight is 192 g/mol. The molecular weight excluding hydrogens is 176 g/mol. The van der Waals surface area contributed by atoms with E-state index in [0.29, 0.717) is 12.2 Å². The molecule has 0 aromatic carbocycles. The van der Waals surface area contributed by atoms with Crippen molar-refractivity contribution < 1.29 is 13.2 Å². The van der Waals surface area contributed by atoms with E-state index in [1.54, 1.807) is 0 Å². The topological polar surface area (TPSA) is 43.4 Å². The molecule has 0 saturated carbocycles. The van der Waals surface area contributed by atoms with Gasteiger partial charge in [0.2, 0.25) is 0 Å². The van der Waals surface area contributed by atoms with Gasteiger partial charge in [0.05, 0.1) is 23.7 Å². The monoisotopic (exact) mass is 192 g/mol. The smallest absolute Gasteiger partial charge is 0.152 e. The minimum Gasteiger partial charge on any atom is -0.374 e. The van der Waals surface area contributed by atoms with Gasteiger partial charge in [-0.05, 0) is 19.8 Å². The fourth-order valence-electron chi connectivity index (χ4n) is 1.29. The Kier molecular flexibility index (Phi) is 3.12. The Hall–Kier alpha value is -0.0900. The first-order valence-electron chi connectivity index (χ1n) is 4.39. The summed E-state index contributed by atoms with van der Waals surface area (Å²) in [7, 11) is -2.77. The summed E-state index contributed by atoms with van der Waals surface area (Å²) < 4.78 is 27.6. The number of hydrogen-bond donors (Lipinski definition) is 0. The summed E-state index contributed by atoms with van der Waals surface area (Å²) in [6, 6.07) is 0. The first-order chi connectivity index (χ1) is 5.53. The zero-order valence-electron chi connectivity index (χ0n) is 7.62. The van der Waals surface area contributed by atoms with E-state index in [0.717, 1.165) is 6.42 Å². The second-order valence-electron chi connectivity index (χ2n) is 3.38. The highest BCUT2D eigenvalue weighted by Gasteiger charge is 2.29. The van der Waals surface area contributed by atoms with Crippen LogP contribution in [0.2, 0.25) is 0 Å². The van der Waals surface area contributed by atoms with Gasteiger partial charge in [-0.15, -0.1) is 0 Å². The van der Waals surface area contributed by atoms with E-state index in [9.17, 15) is 8.42 Å². The third-order valence-electron chi connectivity index (χ3n) is 2.19. The largest absolute Gasteiger partial charge is 0.374 e. The molecule has 0 amide bonds. The highest BCUT2D eigenvalue weighted by Crippen LogP contribution is 2.16. The quantitative estimate of drug-likeness (QED) is 0.669. The summed E-state index contributed by atoms with van der Waals surface area (Å²) in [6.07, 6.45) is 1.75. The van der Waals surface area contributed by atoms with Gasteiger partial charge in [-0.2, -0.15) is 0 Å². The summed E-state index contributed by atoms with van der Waals surface area (Å²) in [4.78, 5) is 0. The lowest BCUT2D eigenvalue weighted by Crippen LogP contribution is -2.20. The third-order valence-corrected chi connectivity index (χ3v) is 3.93. The molecule has 0 aromatic rings. The minimum atomic E-state index is -2.77. The predicted molar refractivity (Wildman–Crippen MR) is 47.9 cm³/mol. The van der Waals surface area contributed by atoms with Gasteiger partial charge in [-0.25, -0.2) is 8.42 Å². The van der Waals surface area contributed by atoms with Crippen LogP contribution in [0, 0.1) is 0 Å². The first-order valence-corrected chi connectivity index (χ1v) is 6.21. The highest BCUT2D eigenvalue weighted by atomic mass is 32.2. The Morgan fingerprint density at radius 1 is 1.58 bits per heavy atom. The Balaban J connectivity index is 2.38. The van der Waals surface area contributed by atoms with E-state index in [-0.39, 0.29) is 18.0 Å². The maximum absolute atomic E-state index is 11.0. The van der Waals surface area contributed by atoms with Crippen molar-refractivity contribution in [3.05, 3.63) is 0 Å². The minimum absolute atomic E-state index is 0.0510. The second-order valence-corrected chi connectivity index (χ2v) is 5.61. The van der Waals surface area contributed by atoms with Crippen molar-refractivity contribution in [2.24, 2.45) is 0 Å². The molecular formula is C8H16O3S. The van der Waals surface area contributed by atoms with Gasteiger partial charge < -0.3 is 4.74 Å². The predicted octanol–water partition coefficient (Wildman–Crippen LogP) is 0.989. The van der Waals surface area contributed by atoms with Gasteiger partial charge in [-0.3, -0.25) is 0 Å². The molecule has 1 heterocycles. The number of hydrogen-bond acceptors (Lipinski definition) is 3. The molecule has 1 saturated heterocycles. The van der Waals surface area contributed by atoms with Crippen LogP contribution in [0.4, 0.5) is 0 Å². The number of ether oxygens (including phenoxy) is 1. The number of sulfone groups is 1. The molecule has 0 spiro atoms. The van der Waals surface area contributed by atoms with Crippen LogP contribution in [0.1, 0.15) is 26.7 Å². The fraction of sp³-hybridized carbons (Fsp3) is 1.00. The molecule has 1 aliphatic heterocycles. The lowest BCUT2D eigenvalue weighted by molar-refractivity contribution is 0.0110. The molecule has 4 heteroatoms. The molecule has 0 radical (unpaired) electrons. The molecule has 1 aliphatic rings. The maximum Gasteiger partial charge on any atom is 0.152 e. The van der Waals surface area contributed by atoms with Crippen LogP contribution < -0.4 is 0 Å². The van der Waals surface area contributed by atoms with Crippen molar-refractivity contribution in [2.45, 2.75) is 38.9 Å². The molecule has 2 atom stereocenters.